The molecule has 0 spiro atoms. The topological polar surface area (TPSA) is 72.7 Å². The maximum absolute atomic E-state index is 12.8. The molecule has 1 amide bonds. The quantitative estimate of drug-likeness (QED) is 0.690. The van der Waals surface area contributed by atoms with Gasteiger partial charge in [0.15, 0.2) is 4.96 Å². The average Bonchev–Trinajstić information content (AvgIpc) is 3.02. The highest BCUT2D eigenvalue weighted by Gasteiger charge is 2.23. The Hall–Kier alpha value is -2.22. The molecule has 0 radical (unpaired) electrons. The normalized spacial score (nSPS) is 11.7. The first-order valence-corrected chi connectivity index (χ1v) is 9.20. The number of fused-ring (bicyclic) bond motifs is 1. The lowest BCUT2D eigenvalue weighted by Gasteiger charge is -2.17. The Labute approximate surface area is 159 Å². The first-order chi connectivity index (χ1) is 12.3. The molecular formula is C18H18ClN3O3S. The van der Waals surface area contributed by atoms with E-state index in [2.05, 4.69) is 10.5 Å². The molecule has 8 heteroatoms. The Kier molecular flexibility index (Phi) is 5.13. The van der Waals surface area contributed by atoms with Crippen molar-refractivity contribution in [3.8, 4) is 0 Å². The number of thiazole rings is 1. The summed E-state index contributed by atoms with van der Waals surface area (Å²) >= 11 is 7.41. The van der Waals surface area contributed by atoms with E-state index < -0.39 is 11.5 Å². The van der Waals surface area contributed by atoms with Gasteiger partial charge in [0.25, 0.3) is 11.5 Å². The van der Waals surface area contributed by atoms with E-state index in [4.69, 9.17) is 16.4 Å². The van der Waals surface area contributed by atoms with Gasteiger partial charge in [-0.1, -0.05) is 50.6 Å². The van der Waals surface area contributed by atoms with Gasteiger partial charge in [-0.2, -0.15) is 0 Å². The van der Waals surface area contributed by atoms with E-state index in [1.165, 1.54) is 21.9 Å². The van der Waals surface area contributed by atoms with Crippen LogP contribution in [-0.4, -0.2) is 15.3 Å². The van der Waals surface area contributed by atoms with Gasteiger partial charge in [0.2, 0.25) is 0 Å². The van der Waals surface area contributed by atoms with Crippen LogP contribution < -0.4 is 11.0 Å². The van der Waals surface area contributed by atoms with Crippen molar-refractivity contribution in [3.05, 3.63) is 68.0 Å². The Morgan fingerprint density at radius 3 is 2.77 bits per heavy atom. The molecular weight excluding hydrogens is 374 g/mol. The molecule has 2 heterocycles. The van der Waals surface area contributed by atoms with Crippen molar-refractivity contribution >= 4 is 33.8 Å². The lowest BCUT2D eigenvalue weighted by Crippen LogP contribution is -2.33. The maximum Gasteiger partial charge on any atom is 0.282 e. The molecule has 0 atom stereocenters. The SMILES string of the molecule is CC(C)(C)c1csc2ncc(C(=O)NOCc3ccccc3Cl)c(=O)n12. The largest absolute Gasteiger partial charge is 0.282 e. The van der Waals surface area contributed by atoms with E-state index in [9.17, 15) is 9.59 Å². The fraction of sp³-hybridized carbons (Fsp3) is 0.278. The molecule has 1 aromatic carbocycles. The average molecular weight is 392 g/mol. The number of hydroxylamine groups is 1. The summed E-state index contributed by atoms with van der Waals surface area (Å²) in [6.45, 7) is 6.09. The summed E-state index contributed by atoms with van der Waals surface area (Å²) in [5.74, 6) is -0.644. The van der Waals surface area contributed by atoms with Crippen LogP contribution in [0, 0.1) is 0 Å². The predicted molar refractivity (Wildman–Crippen MR) is 102 cm³/mol. The molecule has 1 N–H and O–H groups in total. The number of rotatable bonds is 4. The fourth-order valence-electron chi connectivity index (χ4n) is 2.41. The smallest absolute Gasteiger partial charge is 0.269 e. The molecule has 3 aromatic rings. The molecule has 0 aliphatic carbocycles. The van der Waals surface area contributed by atoms with Gasteiger partial charge in [-0.3, -0.25) is 18.8 Å². The van der Waals surface area contributed by atoms with E-state index in [-0.39, 0.29) is 17.6 Å². The Balaban J connectivity index is 1.81. The molecule has 26 heavy (non-hydrogen) atoms. The molecule has 3 rings (SSSR count). The van der Waals surface area contributed by atoms with Gasteiger partial charge < -0.3 is 0 Å². The van der Waals surface area contributed by atoms with Gasteiger partial charge in [0, 0.05) is 27.7 Å². The first-order valence-electron chi connectivity index (χ1n) is 7.94. The molecule has 0 saturated carbocycles. The van der Waals surface area contributed by atoms with Crippen molar-refractivity contribution in [2.45, 2.75) is 32.8 Å². The highest BCUT2D eigenvalue weighted by molar-refractivity contribution is 7.15. The minimum absolute atomic E-state index is 0.0782. The highest BCUT2D eigenvalue weighted by atomic mass is 35.5. The van der Waals surface area contributed by atoms with Crippen LogP contribution in [0.15, 0.2) is 40.6 Å². The first kappa shape index (κ1) is 18.6. The van der Waals surface area contributed by atoms with Gasteiger partial charge in [0.05, 0.1) is 0 Å². The third-order valence-corrected chi connectivity index (χ3v) is 5.02. The highest BCUT2D eigenvalue weighted by Crippen LogP contribution is 2.25. The number of hydrogen-bond acceptors (Lipinski definition) is 5. The second kappa shape index (κ2) is 7.19. The van der Waals surface area contributed by atoms with Crippen LogP contribution in [0.4, 0.5) is 0 Å². The third kappa shape index (κ3) is 3.65. The Morgan fingerprint density at radius 1 is 1.35 bits per heavy atom. The van der Waals surface area contributed by atoms with Crippen molar-refractivity contribution in [2.24, 2.45) is 0 Å². The number of aromatic nitrogens is 2. The van der Waals surface area contributed by atoms with Gasteiger partial charge in [-0.05, 0) is 11.6 Å². The Bertz CT molecular complexity index is 1020. The van der Waals surface area contributed by atoms with Crippen LogP contribution >= 0.6 is 22.9 Å². The number of halogens is 1. The summed E-state index contributed by atoms with van der Waals surface area (Å²) in [6.07, 6.45) is 1.27. The number of nitrogens with zero attached hydrogens (tertiary/aromatic N) is 2. The molecule has 136 valence electrons. The monoisotopic (exact) mass is 391 g/mol. The summed E-state index contributed by atoms with van der Waals surface area (Å²) < 4.78 is 1.48. The van der Waals surface area contributed by atoms with Crippen LogP contribution in [0.3, 0.4) is 0 Å². The second-order valence-electron chi connectivity index (χ2n) is 6.78. The van der Waals surface area contributed by atoms with E-state index in [0.717, 1.165) is 11.3 Å². The van der Waals surface area contributed by atoms with E-state index in [1.807, 2.05) is 32.2 Å². The van der Waals surface area contributed by atoms with Gasteiger partial charge in [-0.15, -0.1) is 11.3 Å². The number of amides is 1. The number of benzene rings is 1. The molecule has 0 saturated heterocycles. The molecule has 0 aliphatic heterocycles. The van der Waals surface area contributed by atoms with Crippen molar-refractivity contribution < 1.29 is 9.63 Å². The summed E-state index contributed by atoms with van der Waals surface area (Å²) in [5, 5.41) is 2.43. The van der Waals surface area contributed by atoms with Gasteiger partial charge in [-0.25, -0.2) is 10.5 Å². The zero-order valence-electron chi connectivity index (χ0n) is 14.6. The lowest BCUT2D eigenvalue weighted by atomic mass is 9.93. The summed E-state index contributed by atoms with van der Waals surface area (Å²) in [5.41, 5.74) is 3.07. The number of hydrogen-bond donors (Lipinski definition) is 1. The van der Waals surface area contributed by atoms with Crippen molar-refractivity contribution in [2.75, 3.05) is 0 Å². The van der Waals surface area contributed by atoms with Crippen LogP contribution in [0.2, 0.25) is 5.02 Å². The molecule has 0 unspecified atom stereocenters. The zero-order valence-corrected chi connectivity index (χ0v) is 16.1. The summed E-state index contributed by atoms with van der Waals surface area (Å²) in [6, 6.07) is 7.15. The fourth-order valence-corrected chi connectivity index (χ4v) is 3.68. The van der Waals surface area contributed by atoms with Gasteiger partial charge in [0.1, 0.15) is 12.2 Å². The lowest BCUT2D eigenvalue weighted by molar-refractivity contribution is 0.0232. The van der Waals surface area contributed by atoms with Crippen molar-refractivity contribution in [3.63, 3.8) is 0 Å². The van der Waals surface area contributed by atoms with E-state index in [1.54, 1.807) is 18.2 Å². The molecule has 6 nitrogen and oxygen atoms in total. The van der Waals surface area contributed by atoms with Crippen LogP contribution in [0.5, 0.6) is 0 Å². The summed E-state index contributed by atoms with van der Waals surface area (Å²) in [7, 11) is 0. The third-order valence-electron chi connectivity index (χ3n) is 3.81. The summed E-state index contributed by atoms with van der Waals surface area (Å²) in [4.78, 5) is 35.1. The molecule has 0 fully saturated rings. The van der Waals surface area contributed by atoms with Crippen molar-refractivity contribution in [1.82, 2.24) is 14.9 Å². The second-order valence-corrected chi connectivity index (χ2v) is 8.02. The minimum atomic E-state index is -0.644. The van der Waals surface area contributed by atoms with Crippen LogP contribution in [0.1, 0.15) is 42.4 Å². The zero-order chi connectivity index (χ0) is 18.9. The predicted octanol–water partition coefficient (Wildman–Crippen LogP) is 3.57. The number of nitrogens with one attached hydrogen (secondary N) is 1. The number of carbonyl (C=O) groups excluding carboxylic acids is 1. The van der Waals surface area contributed by atoms with E-state index in [0.29, 0.717) is 9.98 Å². The van der Waals surface area contributed by atoms with E-state index >= 15 is 0 Å². The molecule has 0 aliphatic rings. The van der Waals surface area contributed by atoms with Crippen LogP contribution in [-0.2, 0) is 16.9 Å². The molecule has 0 bridgehead atoms. The van der Waals surface area contributed by atoms with Gasteiger partial charge >= 0.3 is 0 Å². The van der Waals surface area contributed by atoms with Crippen molar-refractivity contribution in [1.29, 1.82) is 0 Å². The maximum atomic E-state index is 12.8. The van der Waals surface area contributed by atoms with Crippen LogP contribution in [0.25, 0.3) is 4.96 Å². The minimum Gasteiger partial charge on any atom is -0.269 e. The number of carbonyl (C=O) groups is 1. The Morgan fingerprint density at radius 2 is 2.08 bits per heavy atom. The standard InChI is InChI=1S/C18H18ClN3O3S/c1-18(2,3)14-10-26-17-20-8-12(16(24)22(14)17)15(23)21-25-9-11-6-4-5-7-13(11)19/h4-8,10H,9H2,1-3H3,(H,21,23). The molecule has 2 aromatic heterocycles.